The molecule has 18 heavy (non-hydrogen) atoms. The molecule has 1 aromatic carbocycles. The smallest absolute Gasteiger partial charge is 0.124 e. The second-order valence-electron chi connectivity index (χ2n) is 4.89. The molecule has 102 valence electrons. The number of ether oxygens (including phenoxy) is 1. The van der Waals surface area contributed by atoms with Crippen molar-refractivity contribution < 1.29 is 9.84 Å². The third-order valence-corrected chi connectivity index (χ3v) is 3.14. The summed E-state index contributed by atoms with van der Waals surface area (Å²) in [5, 5.41) is 9.26. The van der Waals surface area contributed by atoms with Crippen molar-refractivity contribution >= 4 is 0 Å². The standard InChI is InChI=1S/C16H26O2/c1-3-4-5-6-7-8-11-18-16-10-9-14(2)12-15(16)13-17/h9-10,12,17H,3-8,11,13H2,1-2H3. The average Bonchev–Trinajstić information content (AvgIpc) is 2.39. The Morgan fingerprint density at radius 2 is 1.78 bits per heavy atom. The number of hydrogen-bond acceptors (Lipinski definition) is 2. The molecule has 1 rings (SSSR count). The normalized spacial score (nSPS) is 10.6. The number of aryl methyl sites for hydroxylation is 1. The first-order valence-electron chi connectivity index (χ1n) is 7.11. The summed E-state index contributed by atoms with van der Waals surface area (Å²) in [4.78, 5) is 0. The Hall–Kier alpha value is -1.02. The number of unbranched alkanes of at least 4 members (excludes halogenated alkanes) is 5. The van der Waals surface area contributed by atoms with Gasteiger partial charge < -0.3 is 9.84 Å². The minimum absolute atomic E-state index is 0.0491. The first-order valence-corrected chi connectivity index (χ1v) is 7.11. The fourth-order valence-electron chi connectivity index (χ4n) is 2.04. The van der Waals surface area contributed by atoms with Crippen LogP contribution in [0.2, 0.25) is 0 Å². The summed E-state index contributed by atoms with van der Waals surface area (Å²) in [6, 6.07) is 5.96. The summed E-state index contributed by atoms with van der Waals surface area (Å²) in [5.41, 5.74) is 2.05. The van der Waals surface area contributed by atoms with Gasteiger partial charge in [-0.2, -0.15) is 0 Å². The molecule has 0 atom stereocenters. The van der Waals surface area contributed by atoms with Gasteiger partial charge in [0, 0.05) is 5.56 Å². The molecule has 0 spiro atoms. The average molecular weight is 250 g/mol. The van der Waals surface area contributed by atoms with Crippen LogP contribution >= 0.6 is 0 Å². The maximum absolute atomic E-state index is 9.26. The number of benzene rings is 1. The largest absolute Gasteiger partial charge is 0.493 e. The monoisotopic (exact) mass is 250 g/mol. The molecule has 0 aliphatic rings. The van der Waals surface area contributed by atoms with Crippen LogP contribution < -0.4 is 4.74 Å². The molecule has 2 heteroatoms. The van der Waals surface area contributed by atoms with Crippen LogP contribution in [0.3, 0.4) is 0 Å². The van der Waals surface area contributed by atoms with E-state index in [1.54, 1.807) is 0 Å². The first-order chi connectivity index (χ1) is 8.77. The van der Waals surface area contributed by atoms with Crippen LogP contribution in [0.25, 0.3) is 0 Å². The molecule has 0 amide bonds. The summed E-state index contributed by atoms with van der Waals surface area (Å²) in [7, 11) is 0. The lowest BCUT2D eigenvalue weighted by Gasteiger charge is -2.10. The van der Waals surface area contributed by atoms with Crippen LogP contribution in [-0.4, -0.2) is 11.7 Å². The van der Waals surface area contributed by atoms with Crippen molar-refractivity contribution in [2.45, 2.75) is 59.0 Å². The Kier molecular flexibility index (Phi) is 7.51. The second-order valence-corrected chi connectivity index (χ2v) is 4.89. The Morgan fingerprint density at radius 3 is 2.50 bits per heavy atom. The van der Waals surface area contributed by atoms with E-state index < -0.39 is 0 Å². The van der Waals surface area contributed by atoms with E-state index in [1.165, 1.54) is 32.1 Å². The van der Waals surface area contributed by atoms with Crippen molar-refractivity contribution in [1.82, 2.24) is 0 Å². The first kappa shape index (κ1) is 15.0. The Morgan fingerprint density at radius 1 is 1.06 bits per heavy atom. The van der Waals surface area contributed by atoms with Crippen molar-refractivity contribution in [3.63, 3.8) is 0 Å². The Labute approximate surface area is 111 Å². The van der Waals surface area contributed by atoms with E-state index in [4.69, 9.17) is 4.74 Å². The lowest BCUT2D eigenvalue weighted by Crippen LogP contribution is -2.00. The molecular weight excluding hydrogens is 224 g/mol. The van der Waals surface area contributed by atoms with E-state index in [0.717, 1.165) is 29.9 Å². The van der Waals surface area contributed by atoms with Crippen LogP contribution in [0.1, 0.15) is 56.6 Å². The minimum atomic E-state index is 0.0491. The summed E-state index contributed by atoms with van der Waals surface area (Å²) >= 11 is 0. The maximum Gasteiger partial charge on any atom is 0.124 e. The third kappa shape index (κ3) is 5.54. The Bertz CT molecular complexity index is 334. The lowest BCUT2D eigenvalue weighted by atomic mass is 10.1. The molecule has 2 nitrogen and oxygen atoms in total. The maximum atomic E-state index is 9.26. The Balaban J connectivity index is 2.22. The predicted molar refractivity (Wildman–Crippen MR) is 76.0 cm³/mol. The molecule has 0 bridgehead atoms. The zero-order valence-corrected chi connectivity index (χ0v) is 11.7. The molecule has 0 radical (unpaired) electrons. The molecule has 0 aromatic heterocycles. The van der Waals surface area contributed by atoms with Gasteiger partial charge in [-0.3, -0.25) is 0 Å². The summed E-state index contributed by atoms with van der Waals surface area (Å²) in [6.45, 7) is 5.06. The summed E-state index contributed by atoms with van der Waals surface area (Å²) in [6.07, 6.45) is 7.61. The van der Waals surface area contributed by atoms with Crippen molar-refractivity contribution in [3.8, 4) is 5.75 Å². The van der Waals surface area contributed by atoms with Gasteiger partial charge in [0.05, 0.1) is 13.2 Å². The van der Waals surface area contributed by atoms with Gasteiger partial charge >= 0.3 is 0 Å². The highest BCUT2D eigenvalue weighted by Crippen LogP contribution is 2.20. The molecule has 0 unspecified atom stereocenters. The topological polar surface area (TPSA) is 29.5 Å². The van der Waals surface area contributed by atoms with E-state index in [1.807, 2.05) is 25.1 Å². The molecule has 1 N–H and O–H groups in total. The van der Waals surface area contributed by atoms with Crippen molar-refractivity contribution in [1.29, 1.82) is 0 Å². The SMILES string of the molecule is CCCCCCCCOc1ccc(C)cc1CO. The highest BCUT2D eigenvalue weighted by atomic mass is 16.5. The highest BCUT2D eigenvalue weighted by molar-refractivity contribution is 5.36. The second kappa shape index (κ2) is 8.98. The van der Waals surface area contributed by atoms with E-state index in [-0.39, 0.29) is 6.61 Å². The van der Waals surface area contributed by atoms with E-state index in [2.05, 4.69) is 6.92 Å². The third-order valence-electron chi connectivity index (χ3n) is 3.14. The van der Waals surface area contributed by atoms with Crippen LogP contribution in [0.15, 0.2) is 18.2 Å². The molecule has 1 aromatic rings. The molecule has 0 fully saturated rings. The number of aliphatic hydroxyl groups excluding tert-OH is 1. The molecule has 0 saturated carbocycles. The van der Waals surface area contributed by atoms with E-state index >= 15 is 0 Å². The zero-order chi connectivity index (χ0) is 13.2. The predicted octanol–water partition coefficient (Wildman–Crippen LogP) is 4.23. The van der Waals surface area contributed by atoms with Gasteiger partial charge in [-0.15, -0.1) is 0 Å². The number of aliphatic hydroxyl groups is 1. The summed E-state index contributed by atoms with van der Waals surface area (Å²) in [5.74, 6) is 0.830. The van der Waals surface area contributed by atoms with Crippen LogP contribution in [0.4, 0.5) is 0 Å². The van der Waals surface area contributed by atoms with Gasteiger partial charge in [0.15, 0.2) is 0 Å². The van der Waals surface area contributed by atoms with Gasteiger partial charge in [0.2, 0.25) is 0 Å². The van der Waals surface area contributed by atoms with Crippen molar-refractivity contribution in [2.24, 2.45) is 0 Å². The van der Waals surface area contributed by atoms with Gasteiger partial charge in [0.25, 0.3) is 0 Å². The van der Waals surface area contributed by atoms with Crippen LogP contribution in [0, 0.1) is 6.92 Å². The quantitative estimate of drug-likeness (QED) is 0.665. The van der Waals surface area contributed by atoms with Gasteiger partial charge in [-0.05, 0) is 19.4 Å². The molecule has 0 saturated heterocycles. The van der Waals surface area contributed by atoms with Gasteiger partial charge in [0.1, 0.15) is 5.75 Å². The van der Waals surface area contributed by atoms with Crippen molar-refractivity contribution in [3.05, 3.63) is 29.3 Å². The molecular formula is C16H26O2. The molecule has 0 aliphatic carbocycles. The fraction of sp³-hybridized carbons (Fsp3) is 0.625. The molecule has 0 aliphatic heterocycles. The molecule has 0 heterocycles. The number of hydrogen-bond donors (Lipinski definition) is 1. The minimum Gasteiger partial charge on any atom is -0.493 e. The number of rotatable bonds is 9. The highest BCUT2D eigenvalue weighted by Gasteiger charge is 2.02. The van der Waals surface area contributed by atoms with Crippen LogP contribution in [-0.2, 0) is 6.61 Å². The van der Waals surface area contributed by atoms with Gasteiger partial charge in [-0.1, -0.05) is 56.7 Å². The van der Waals surface area contributed by atoms with Crippen LogP contribution in [0.5, 0.6) is 5.75 Å². The van der Waals surface area contributed by atoms with E-state index in [9.17, 15) is 5.11 Å². The lowest BCUT2D eigenvalue weighted by molar-refractivity contribution is 0.259. The zero-order valence-electron chi connectivity index (χ0n) is 11.7. The van der Waals surface area contributed by atoms with E-state index in [0.29, 0.717) is 0 Å². The van der Waals surface area contributed by atoms with Crippen molar-refractivity contribution in [2.75, 3.05) is 6.61 Å². The van der Waals surface area contributed by atoms with Gasteiger partial charge in [-0.25, -0.2) is 0 Å². The fourth-order valence-corrected chi connectivity index (χ4v) is 2.04. The summed E-state index contributed by atoms with van der Waals surface area (Å²) < 4.78 is 5.73.